The predicted molar refractivity (Wildman–Crippen MR) is 121 cm³/mol. The summed E-state index contributed by atoms with van der Waals surface area (Å²) >= 11 is 0. The van der Waals surface area contributed by atoms with E-state index in [0.29, 0.717) is 0 Å². The van der Waals surface area contributed by atoms with E-state index in [2.05, 4.69) is 50.2 Å². The maximum Gasteiger partial charge on any atom is 0.165 e. The van der Waals surface area contributed by atoms with Crippen LogP contribution in [-0.2, 0) is 0 Å². The Labute approximate surface area is 174 Å². The molecular weight excluding hydrogens is 356 g/mol. The standard InChI is InChI=1S/C27H30O2/c1-5-6-20(4)29-26-17-15-24(16-18-26)22-9-7-21(8-10-22)23-11-13-25(14-12-23)27(28)19(2)3/h7-20H,5-6H2,1-4H3. The van der Waals surface area contributed by atoms with Gasteiger partial charge in [0.05, 0.1) is 6.10 Å². The lowest BCUT2D eigenvalue weighted by molar-refractivity contribution is 0.0939. The number of ketones is 1. The second kappa shape index (κ2) is 9.56. The number of rotatable bonds is 8. The van der Waals surface area contributed by atoms with Gasteiger partial charge in [-0.25, -0.2) is 0 Å². The minimum Gasteiger partial charge on any atom is -0.491 e. The molecule has 0 amide bonds. The van der Waals surface area contributed by atoms with Crippen LogP contribution in [0.25, 0.3) is 22.3 Å². The van der Waals surface area contributed by atoms with Crippen molar-refractivity contribution < 1.29 is 9.53 Å². The van der Waals surface area contributed by atoms with Crippen molar-refractivity contribution in [1.29, 1.82) is 0 Å². The summed E-state index contributed by atoms with van der Waals surface area (Å²) in [7, 11) is 0. The van der Waals surface area contributed by atoms with Crippen LogP contribution in [0.4, 0.5) is 0 Å². The zero-order valence-electron chi connectivity index (χ0n) is 17.8. The van der Waals surface area contributed by atoms with Gasteiger partial charge in [-0.05, 0) is 47.7 Å². The van der Waals surface area contributed by atoms with Gasteiger partial charge in [-0.3, -0.25) is 4.79 Å². The molecule has 3 rings (SSSR count). The molecule has 0 N–H and O–H groups in total. The molecule has 0 saturated carbocycles. The Morgan fingerprint density at radius 2 is 1.14 bits per heavy atom. The first-order chi connectivity index (χ1) is 14.0. The molecule has 0 fully saturated rings. The minimum absolute atomic E-state index is 0.0202. The molecule has 3 aromatic carbocycles. The van der Waals surface area contributed by atoms with E-state index in [4.69, 9.17) is 4.74 Å². The fourth-order valence-corrected chi connectivity index (χ4v) is 3.44. The van der Waals surface area contributed by atoms with Crippen molar-refractivity contribution in [2.24, 2.45) is 5.92 Å². The Bertz CT molecular complexity index is 920. The number of carbonyl (C=O) groups excluding carboxylic acids is 1. The van der Waals surface area contributed by atoms with E-state index >= 15 is 0 Å². The number of ether oxygens (including phenoxy) is 1. The minimum atomic E-state index is 0.0202. The van der Waals surface area contributed by atoms with Crippen LogP contribution < -0.4 is 4.74 Å². The molecule has 0 aromatic heterocycles. The lowest BCUT2D eigenvalue weighted by Gasteiger charge is -2.14. The molecule has 0 spiro atoms. The van der Waals surface area contributed by atoms with Crippen LogP contribution in [-0.4, -0.2) is 11.9 Å². The number of Topliss-reactive ketones (excluding diaryl/α,β-unsaturated/α-hetero) is 1. The van der Waals surface area contributed by atoms with Crippen molar-refractivity contribution in [3.8, 4) is 28.0 Å². The third-order valence-corrected chi connectivity index (χ3v) is 5.13. The van der Waals surface area contributed by atoms with Gasteiger partial charge in [-0.1, -0.05) is 87.9 Å². The summed E-state index contributed by atoms with van der Waals surface area (Å²) in [5.41, 5.74) is 5.38. The van der Waals surface area contributed by atoms with Gasteiger partial charge in [-0.2, -0.15) is 0 Å². The molecule has 3 aromatic rings. The predicted octanol–water partition coefficient (Wildman–Crippen LogP) is 7.43. The average molecular weight is 387 g/mol. The van der Waals surface area contributed by atoms with Gasteiger partial charge in [0.1, 0.15) is 5.75 Å². The molecule has 0 saturated heterocycles. The Kier molecular flexibility index (Phi) is 6.87. The highest BCUT2D eigenvalue weighted by atomic mass is 16.5. The van der Waals surface area contributed by atoms with Crippen LogP contribution >= 0.6 is 0 Å². The van der Waals surface area contributed by atoms with Crippen LogP contribution in [0.2, 0.25) is 0 Å². The molecule has 0 radical (unpaired) electrons. The lowest BCUT2D eigenvalue weighted by atomic mass is 9.97. The van der Waals surface area contributed by atoms with Gasteiger partial charge in [0.15, 0.2) is 5.78 Å². The van der Waals surface area contributed by atoms with Crippen molar-refractivity contribution in [3.05, 3.63) is 78.4 Å². The SMILES string of the molecule is CCCC(C)Oc1ccc(-c2ccc(-c3ccc(C(=O)C(C)C)cc3)cc2)cc1. The van der Waals surface area contributed by atoms with E-state index in [1.165, 1.54) is 11.1 Å². The molecule has 150 valence electrons. The maximum absolute atomic E-state index is 12.1. The van der Waals surface area contributed by atoms with Crippen LogP contribution in [0.5, 0.6) is 5.75 Å². The second-order valence-electron chi connectivity index (χ2n) is 7.92. The highest BCUT2D eigenvalue weighted by Crippen LogP contribution is 2.27. The highest BCUT2D eigenvalue weighted by Gasteiger charge is 2.10. The molecule has 0 bridgehead atoms. The summed E-state index contributed by atoms with van der Waals surface area (Å²) in [6, 6.07) is 24.7. The third kappa shape index (κ3) is 5.35. The zero-order valence-corrected chi connectivity index (χ0v) is 17.8. The van der Waals surface area contributed by atoms with E-state index in [1.807, 2.05) is 50.2 Å². The third-order valence-electron chi connectivity index (χ3n) is 5.13. The number of carbonyl (C=O) groups is 1. The number of hydrogen-bond acceptors (Lipinski definition) is 2. The smallest absolute Gasteiger partial charge is 0.165 e. The first-order valence-corrected chi connectivity index (χ1v) is 10.5. The van der Waals surface area contributed by atoms with Crippen molar-refractivity contribution in [1.82, 2.24) is 0 Å². The molecule has 29 heavy (non-hydrogen) atoms. The monoisotopic (exact) mass is 386 g/mol. The summed E-state index contributed by atoms with van der Waals surface area (Å²) in [4.78, 5) is 12.1. The molecule has 0 aliphatic carbocycles. The van der Waals surface area contributed by atoms with Crippen molar-refractivity contribution >= 4 is 5.78 Å². The topological polar surface area (TPSA) is 26.3 Å². The molecule has 0 heterocycles. The molecule has 1 atom stereocenters. The van der Waals surface area contributed by atoms with E-state index in [9.17, 15) is 4.79 Å². The molecule has 1 unspecified atom stereocenters. The largest absolute Gasteiger partial charge is 0.491 e. The van der Waals surface area contributed by atoms with Gasteiger partial charge < -0.3 is 4.74 Å². The first kappa shape index (κ1) is 20.9. The van der Waals surface area contributed by atoms with Crippen LogP contribution in [0.1, 0.15) is 50.9 Å². The fraction of sp³-hybridized carbons (Fsp3) is 0.296. The second-order valence-corrected chi connectivity index (χ2v) is 7.92. The summed E-state index contributed by atoms with van der Waals surface area (Å²) in [5.74, 6) is 1.12. The number of benzene rings is 3. The van der Waals surface area contributed by atoms with E-state index < -0.39 is 0 Å². The van der Waals surface area contributed by atoms with Gasteiger partial charge in [0.2, 0.25) is 0 Å². The molecule has 2 heteroatoms. The Hall–Kier alpha value is -2.87. The normalized spacial score (nSPS) is 12.0. The maximum atomic E-state index is 12.1. The van der Waals surface area contributed by atoms with Gasteiger partial charge in [0.25, 0.3) is 0 Å². The van der Waals surface area contributed by atoms with E-state index in [0.717, 1.165) is 35.3 Å². The summed E-state index contributed by atoms with van der Waals surface area (Å²) in [6.45, 7) is 8.15. The molecular formula is C27H30O2. The van der Waals surface area contributed by atoms with Gasteiger partial charge in [-0.15, -0.1) is 0 Å². The van der Waals surface area contributed by atoms with Crippen molar-refractivity contribution in [2.75, 3.05) is 0 Å². The van der Waals surface area contributed by atoms with E-state index in [1.54, 1.807) is 0 Å². The van der Waals surface area contributed by atoms with Gasteiger partial charge in [0, 0.05) is 11.5 Å². The molecule has 0 aliphatic rings. The number of hydrogen-bond donors (Lipinski definition) is 0. The molecule has 2 nitrogen and oxygen atoms in total. The Morgan fingerprint density at radius 1 is 0.724 bits per heavy atom. The van der Waals surface area contributed by atoms with Crippen molar-refractivity contribution in [3.63, 3.8) is 0 Å². The lowest BCUT2D eigenvalue weighted by Crippen LogP contribution is -2.10. The quantitative estimate of drug-likeness (QED) is 0.376. The zero-order chi connectivity index (χ0) is 20.8. The summed E-state index contributed by atoms with van der Waals surface area (Å²) in [6.07, 6.45) is 2.44. The van der Waals surface area contributed by atoms with E-state index in [-0.39, 0.29) is 17.8 Å². The Morgan fingerprint density at radius 3 is 1.55 bits per heavy atom. The average Bonchev–Trinajstić information content (AvgIpc) is 2.74. The van der Waals surface area contributed by atoms with Crippen LogP contribution in [0.15, 0.2) is 72.8 Å². The van der Waals surface area contributed by atoms with Gasteiger partial charge >= 0.3 is 0 Å². The first-order valence-electron chi connectivity index (χ1n) is 10.5. The van der Waals surface area contributed by atoms with Crippen LogP contribution in [0.3, 0.4) is 0 Å². The summed E-state index contributed by atoms with van der Waals surface area (Å²) < 4.78 is 5.94. The molecule has 0 aliphatic heterocycles. The van der Waals surface area contributed by atoms with Crippen molar-refractivity contribution in [2.45, 2.75) is 46.6 Å². The van der Waals surface area contributed by atoms with Crippen LogP contribution in [0, 0.1) is 5.92 Å². The Balaban J connectivity index is 1.71. The highest BCUT2D eigenvalue weighted by molar-refractivity contribution is 5.97. The fourth-order valence-electron chi connectivity index (χ4n) is 3.44. The summed E-state index contributed by atoms with van der Waals surface area (Å²) in [5, 5.41) is 0.